The van der Waals surface area contributed by atoms with Crippen LogP contribution in [0.25, 0.3) is 11.6 Å². The fraction of sp³-hybridized carbons (Fsp3) is 0.708. The zero-order chi connectivity index (χ0) is 19.4. The Balaban J connectivity index is 1.15. The number of aromatic nitrogens is 3. The van der Waals surface area contributed by atoms with Gasteiger partial charge in [0.15, 0.2) is 0 Å². The molecule has 1 N–H and O–H groups in total. The van der Waals surface area contributed by atoms with Gasteiger partial charge < -0.3 is 9.73 Å². The Hall–Kier alpha value is -1.91. The molecule has 0 radical (unpaired) electrons. The molecule has 5 nitrogen and oxygen atoms in total. The van der Waals surface area contributed by atoms with E-state index >= 15 is 0 Å². The molecule has 0 aromatic carbocycles. The fourth-order valence-electron chi connectivity index (χ4n) is 8.14. The van der Waals surface area contributed by atoms with Crippen LogP contribution in [0.1, 0.15) is 75.8 Å². The second-order valence-corrected chi connectivity index (χ2v) is 11.5. The summed E-state index contributed by atoms with van der Waals surface area (Å²) in [6.07, 6.45) is 12.7. The van der Waals surface area contributed by atoms with Gasteiger partial charge in [0.2, 0.25) is 0 Å². The van der Waals surface area contributed by atoms with E-state index in [1.807, 2.05) is 0 Å². The molecule has 5 fully saturated rings. The Morgan fingerprint density at radius 2 is 1.72 bits per heavy atom. The van der Waals surface area contributed by atoms with Gasteiger partial charge >= 0.3 is 6.01 Å². The van der Waals surface area contributed by atoms with Gasteiger partial charge in [0.25, 0.3) is 5.89 Å². The summed E-state index contributed by atoms with van der Waals surface area (Å²) in [6, 6.07) is 2.79. The lowest BCUT2D eigenvalue weighted by Crippen LogP contribution is -2.54. The number of hydrogen-bond donors (Lipinski definition) is 1. The summed E-state index contributed by atoms with van der Waals surface area (Å²) in [5.41, 5.74) is 4.32. The average Bonchev–Trinajstić information content (AvgIpc) is 3.13. The lowest BCUT2D eigenvalue weighted by Gasteiger charge is -2.57. The van der Waals surface area contributed by atoms with Crippen molar-refractivity contribution in [1.82, 2.24) is 15.2 Å². The maximum Gasteiger partial charge on any atom is 0.316 e. The van der Waals surface area contributed by atoms with E-state index in [1.54, 1.807) is 0 Å². The van der Waals surface area contributed by atoms with E-state index in [2.05, 4.69) is 41.6 Å². The van der Waals surface area contributed by atoms with Crippen molar-refractivity contribution < 1.29 is 4.42 Å². The number of nitrogens with zero attached hydrogens (tertiary/aromatic N) is 3. The van der Waals surface area contributed by atoms with Crippen LogP contribution in [0.15, 0.2) is 16.7 Å². The summed E-state index contributed by atoms with van der Waals surface area (Å²) >= 11 is 0. The molecule has 2 atom stereocenters. The highest BCUT2D eigenvalue weighted by molar-refractivity contribution is 5.53. The van der Waals surface area contributed by atoms with Crippen molar-refractivity contribution in [2.24, 2.45) is 29.1 Å². The first-order chi connectivity index (χ1) is 14.0. The molecule has 5 saturated carbocycles. The molecule has 2 aromatic heterocycles. The van der Waals surface area contributed by atoms with Crippen molar-refractivity contribution in [2.45, 2.75) is 76.7 Å². The minimum absolute atomic E-state index is 0.189. The molecular formula is C24H30N4O. The second-order valence-electron chi connectivity index (χ2n) is 11.5. The molecule has 2 heterocycles. The third-order valence-corrected chi connectivity index (χ3v) is 9.39. The second kappa shape index (κ2) is 5.41. The molecule has 2 aromatic rings. The molecule has 6 bridgehead atoms. The van der Waals surface area contributed by atoms with Crippen LogP contribution in [-0.4, -0.2) is 20.7 Å². The highest BCUT2D eigenvalue weighted by Gasteiger charge is 2.53. The summed E-state index contributed by atoms with van der Waals surface area (Å²) in [5.74, 6) is 4.70. The number of nitrogens with one attached hydrogen (secondary N) is 1. The van der Waals surface area contributed by atoms with Gasteiger partial charge in [-0.2, -0.15) is 0 Å². The van der Waals surface area contributed by atoms with Crippen LogP contribution >= 0.6 is 0 Å². The molecule has 9 rings (SSSR count). The van der Waals surface area contributed by atoms with Gasteiger partial charge in [-0.1, -0.05) is 18.9 Å². The predicted octanol–water partition coefficient (Wildman–Crippen LogP) is 5.20. The highest BCUT2D eigenvalue weighted by atomic mass is 16.4. The van der Waals surface area contributed by atoms with Gasteiger partial charge in [-0.3, -0.25) is 4.98 Å². The Morgan fingerprint density at radius 1 is 1.00 bits per heavy atom. The van der Waals surface area contributed by atoms with E-state index in [-0.39, 0.29) is 5.54 Å². The summed E-state index contributed by atoms with van der Waals surface area (Å²) in [5, 5.41) is 12.4. The highest BCUT2D eigenvalue weighted by Crippen LogP contribution is 2.62. The topological polar surface area (TPSA) is 63.8 Å². The summed E-state index contributed by atoms with van der Waals surface area (Å²) in [6.45, 7) is 4.81. The lowest BCUT2D eigenvalue weighted by atomic mass is 9.48. The van der Waals surface area contributed by atoms with Crippen molar-refractivity contribution in [1.29, 1.82) is 0 Å². The standard InChI is InChI=1S/C24H30N4O/c1-23(2)17-6-16-7-20(25-12-18(16)19(23)8-17)21-27-28-22(29-21)26-24-9-13-3-14(10-24)5-15(4-13)11-24/h7,12-15,17,19H,3-6,8-11H2,1-2H3,(H,26,28)/t13?,14?,15?,17-,19-,24?/m1/s1. The van der Waals surface area contributed by atoms with Gasteiger partial charge in [0, 0.05) is 11.7 Å². The lowest BCUT2D eigenvalue weighted by molar-refractivity contribution is 0.00964. The monoisotopic (exact) mass is 390 g/mol. The van der Waals surface area contributed by atoms with E-state index in [0.717, 1.165) is 35.8 Å². The van der Waals surface area contributed by atoms with Crippen LogP contribution in [0.2, 0.25) is 0 Å². The molecule has 7 aliphatic carbocycles. The van der Waals surface area contributed by atoms with Gasteiger partial charge in [-0.15, -0.1) is 5.10 Å². The Bertz CT molecular complexity index is 957. The first kappa shape index (κ1) is 16.8. The molecule has 0 aliphatic heterocycles. The fourth-order valence-corrected chi connectivity index (χ4v) is 8.14. The molecule has 0 unspecified atom stereocenters. The van der Waals surface area contributed by atoms with Crippen molar-refractivity contribution in [3.05, 3.63) is 23.4 Å². The molecule has 0 spiro atoms. The van der Waals surface area contributed by atoms with E-state index in [1.165, 1.54) is 56.1 Å². The molecular weight excluding hydrogens is 360 g/mol. The first-order valence-corrected chi connectivity index (χ1v) is 11.6. The van der Waals surface area contributed by atoms with Crippen molar-refractivity contribution >= 4 is 6.01 Å². The van der Waals surface area contributed by atoms with Gasteiger partial charge in [-0.05, 0) is 104 Å². The molecule has 152 valence electrons. The third kappa shape index (κ3) is 2.36. The van der Waals surface area contributed by atoms with Crippen LogP contribution in [-0.2, 0) is 6.42 Å². The van der Waals surface area contributed by atoms with Crippen molar-refractivity contribution in [3.63, 3.8) is 0 Å². The molecule has 0 amide bonds. The summed E-state index contributed by atoms with van der Waals surface area (Å²) in [4.78, 5) is 4.72. The van der Waals surface area contributed by atoms with Crippen LogP contribution < -0.4 is 5.32 Å². The van der Waals surface area contributed by atoms with E-state index in [9.17, 15) is 0 Å². The van der Waals surface area contributed by atoms with Crippen LogP contribution in [0.4, 0.5) is 6.01 Å². The first-order valence-electron chi connectivity index (χ1n) is 11.6. The van der Waals surface area contributed by atoms with Crippen molar-refractivity contribution in [3.8, 4) is 11.6 Å². The van der Waals surface area contributed by atoms with Crippen molar-refractivity contribution in [2.75, 3.05) is 5.32 Å². The number of hydrogen-bond acceptors (Lipinski definition) is 5. The van der Waals surface area contributed by atoms with E-state index in [4.69, 9.17) is 9.40 Å². The van der Waals surface area contributed by atoms with Crippen LogP contribution in [0.3, 0.4) is 0 Å². The largest absolute Gasteiger partial charge is 0.402 e. The van der Waals surface area contributed by atoms with Gasteiger partial charge in [-0.25, -0.2) is 0 Å². The summed E-state index contributed by atoms with van der Waals surface area (Å²) < 4.78 is 6.08. The smallest absolute Gasteiger partial charge is 0.316 e. The summed E-state index contributed by atoms with van der Waals surface area (Å²) in [7, 11) is 0. The van der Waals surface area contributed by atoms with Crippen LogP contribution in [0, 0.1) is 29.1 Å². The minimum atomic E-state index is 0.189. The molecule has 5 heteroatoms. The SMILES string of the molecule is CC1(C)[C@@H]2Cc3cc(-c4nnc(NC56CC7CC(CC(C7)C5)C6)o4)ncc3[C@H]1C2. The molecule has 7 aliphatic rings. The maximum atomic E-state index is 6.08. The van der Waals surface area contributed by atoms with Crippen LogP contribution in [0.5, 0.6) is 0 Å². The van der Waals surface area contributed by atoms with Gasteiger partial charge in [0.05, 0.1) is 0 Å². The quantitative estimate of drug-likeness (QED) is 0.780. The normalized spacial score (nSPS) is 40.4. The molecule has 0 saturated heterocycles. The Morgan fingerprint density at radius 3 is 2.41 bits per heavy atom. The third-order valence-electron chi connectivity index (χ3n) is 9.39. The van der Waals surface area contributed by atoms with E-state index < -0.39 is 0 Å². The molecule has 29 heavy (non-hydrogen) atoms. The number of rotatable bonds is 3. The number of pyridine rings is 1. The minimum Gasteiger partial charge on any atom is -0.402 e. The predicted molar refractivity (Wildman–Crippen MR) is 110 cm³/mol. The van der Waals surface area contributed by atoms with E-state index in [0.29, 0.717) is 23.2 Å². The zero-order valence-corrected chi connectivity index (χ0v) is 17.4. The zero-order valence-electron chi connectivity index (χ0n) is 17.4. The Labute approximate surface area is 172 Å². The van der Waals surface area contributed by atoms with Gasteiger partial charge in [0.1, 0.15) is 5.69 Å². The number of anilines is 1. The maximum absolute atomic E-state index is 6.08. The Kier molecular flexibility index (Phi) is 3.14. The average molecular weight is 391 g/mol.